The van der Waals surface area contributed by atoms with Crippen LogP contribution in [0.2, 0.25) is 0 Å². The lowest BCUT2D eigenvalue weighted by molar-refractivity contribution is -0.137. The van der Waals surface area contributed by atoms with Crippen LogP contribution in [-0.4, -0.2) is 46.2 Å². The molecule has 1 amide bonds. The number of amides is 1. The van der Waals surface area contributed by atoms with E-state index in [4.69, 9.17) is 19.7 Å². The zero-order valence-corrected chi connectivity index (χ0v) is 34.4. The van der Waals surface area contributed by atoms with Crippen molar-refractivity contribution >= 4 is 25.5 Å². The molecule has 0 saturated heterocycles. The third-order valence-electron chi connectivity index (χ3n) is 6.95. The molecule has 4 rings (SSSR count). The number of Topliss-reactive ketones (excluding diaryl/α,β-unsaturated/α-hetero) is 1. The summed E-state index contributed by atoms with van der Waals surface area (Å²) in [6.07, 6.45) is -4.19. The Hall–Kier alpha value is -5.41. The largest absolute Gasteiger partial charge is 0.444 e. The molecule has 0 atom stereocenters. The molecule has 0 aliphatic carbocycles. The van der Waals surface area contributed by atoms with Crippen LogP contribution in [0.3, 0.4) is 0 Å². The number of hydrogen-bond acceptors (Lipinski definition) is 9. The van der Waals surface area contributed by atoms with Gasteiger partial charge in [0.1, 0.15) is 30.8 Å². The molecule has 10 nitrogen and oxygen atoms in total. The van der Waals surface area contributed by atoms with E-state index < -0.39 is 52.6 Å². The average molecular weight is 813 g/mol. The normalized spacial score (nSPS) is 10.9. The highest BCUT2D eigenvalue weighted by Gasteiger charge is 2.35. The van der Waals surface area contributed by atoms with Gasteiger partial charge in [0.25, 0.3) is 11.8 Å². The minimum Gasteiger partial charge on any atom is -0.444 e. The average Bonchev–Trinajstić information content (AvgIpc) is 3.65. The van der Waals surface area contributed by atoms with Crippen LogP contribution in [0.15, 0.2) is 59.1 Å². The van der Waals surface area contributed by atoms with Gasteiger partial charge in [0.2, 0.25) is 5.89 Å². The van der Waals surface area contributed by atoms with Crippen molar-refractivity contribution in [3.8, 4) is 22.7 Å². The fraction of sp³-hybridized carbons (Fsp3) is 0.439. The van der Waals surface area contributed by atoms with E-state index in [9.17, 15) is 35.9 Å². The maximum absolute atomic E-state index is 14.4. The van der Waals surface area contributed by atoms with Crippen LogP contribution >= 0.6 is 0 Å². The van der Waals surface area contributed by atoms with E-state index in [1.165, 1.54) is 31.5 Å². The summed E-state index contributed by atoms with van der Waals surface area (Å²) in [5, 5.41) is 7.70. The minimum absolute atomic E-state index is 0.0217. The van der Waals surface area contributed by atoms with Gasteiger partial charge < -0.3 is 29.3 Å². The molecule has 316 valence electrons. The summed E-state index contributed by atoms with van der Waals surface area (Å²) in [6.45, 7) is 23.6. The highest BCUT2D eigenvalue weighted by atomic mass is 19.4. The van der Waals surface area contributed by atoms with Crippen molar-refractivity contribution in [2.45, 2.75) is 119 Å². The predicted molar refractivity (Wildman–Crippen MR) is 207 cm³/mol. The molecule has 2 heterocycles. The van der Waals surface area contributed by atoms with Crippen LogP contribution in [0.25, 0.3) is 22.7 Å². The van der Waals surface area contributed by atoms with E-state index in [-0.39, 0.29) is 29.2 Å². The number of rotatable bonds is 7. The molecule has 0 radical (unpaired) electrons. The fourth-order valence-electron chi connectivity index (χ4n) is 4.29. The molecule has 0 spiro atoms. The van der Waals surface area contributed by atoms with Gasteiger partial charge in [0.15, 0.2) is 0 Å². The van der Waals surface area contributed by atoms with Gasteiger partial charge in [-0.2, -0.15) is 13.2 Å². The van der Waals surface area contributed by atoms with E-state index in [2.05, 4.69) is 19.9 Å². The highest BCUT2D eigenvalue weighted by Crippen LogP contribution is 2.38. The number of aromatic nitrogens is 3. The van der Waals surface area contributed by atoms with Crippen LogP contribution in [0.5, 0.6) is 0 Å². The highest BCUT2D eigenvalue weighted by molar-refractivity contribution is 5.75. The second-order valence-electron chi connectivity index (χ2n) is 13.7. The number of aryl methyl sites for hydroxylation is 2. The Morgan fingerprint density at radius 2 is 1.40 bits per heavy atom. The smallest absolute Gasteiger partial charge is 0.417 e. The molecule has 0 unspecified atom stereocenters. The molecule has 2 aromatic heterocycles. The lowest BCUT2D eigenvalue weighted by Crippen LogP contribution is -2.27. The SMILES string of the molecule is C=O.C=O.CC.CC(=O)CCC(F)(F)c1cc(F)c(-c2nnc(C(C)(C)C)o2)cc1C.CC(C)(C)OC(N)=O.CCc1ccc(-c2ccc(C(F)(F)F)cn2)cc1. The number of nitrogens with zero attached hydrogens (tertiary/aromatic N) is 3. The molecule has 0 aliphatic heterocycles. The third kappa shape index (κ3) is 19.3. The van der Waals surface area contributed by atoms with Crippen LogP contribution in [0.1, 0.15) is 110 Å². The van der Waals surface area contributed by atoms with Crippen LogP contribution in [0.4, 0.5) is 31.1 Å². The van der Waals surface area contributed by atoms with Crippen molar-refractivity contribution in [1.82, 2.24) is 15.2 Å². The third-order valence-corrected chi connectivity index (χ3v) is 6.95. The second kappa shape index (κ2) is 24.3. The van der Waals surface area contributed by atoms with Gasteiger partial charge in [-0.1, -0.05) is 65.8 Å². The van der Waals surface area contributed by atoms with Crippen LogP contribution in [0, 0.1) is 12.7 Å². The van der Waals surface area contributed by atoms with Gasteiger partial charge >= 0.3 is 12.3 Å². The van der Waals surface area contributed by atoms with Crippen LogP contribution in [-0.2, 0) is 43.1 Å². The monoisotopic (exact) mass is 812 g/mol. The zero-order chi connectivity index (χ0) is 44.9. The molecule has 2 N–H and O–H groups in total. The van der Waals surface area contributed by atoms with Gasteiger partial charge in [-0.05, 0) is 76.4 Å². The molecule has 2 aromatic carbocycles. The van der Waals surface area contributed by atoms with Crippen molar-refractivity contribution in [3.05, 3.63) is 88.7 Å². The predicted octanol–water partition coefficient (Wildman–Crippen LogP) is 10.8. The number of pyridine rings is 1. The Morgan fingerprint density at radius 1 is 0.860 bits per heavy atom. The van der Waals surface area contributed by atoms with E-state index in [0.717, 1.165) is 30.3 Å². The van der Waals surface area contributed by atoms with Crippen molar-refractivity contribution in [1.29, 1.82) is 0 Å². The number of nitrogens with two attached hydrogens (primary N) is 1. The second-order valence-corrected chi connectivity index (χ2v) is 13.7. The number of hydrogen-bond donors (Lipinski definition) is 1. The van der Waals surface area contributed by atoms with E-state index in [0.29, 0.717) is 11.6 Å². The number of alkyl halides is 5. The maximum atomic E-state index is 14.4. The first-order valence-corrected chi connectivity index (χ1v) is 17.5. The van der Waals surface area contributed by atoms with Crippen molar-refractivity contribution < 1.29 is 54.7 Å². The number of carbonyl (C=O) groups is 4. The summed E-state index contributed by atoms with van der Waals surface area (Å²) in [4.78, 5) is 40.8. The molecule has 16 heteroatoms. The van der Waals surface area contributed by atoms with Gasteiger partial charge in [0, 0.05) is 35.6 Å². The van der Waals surface area contributed by atoms with Crippen molar-refractivity contribution in [3.63, 3.8) is 0 Å². The Kier molecular flexibility index (Phi) is 22.9. The Bertz CT molecular complexity index is 1800. The summed E-state index contributed by atoms with van der Waals surface area (Å²) < 4.78 is 90.2. The number of primary amides is 1. The van der Waals surface area contributed by atoms with Gasteiger partial charge in [-0.25, -0.2) is 18.0 Å². The topological polar surface area (TPSA) is 155 Å². The summed E-state index contributed by atoms with van der Waals surface area (Å²) in [5.74, 6) is -4.22. The van der Waals surface area contributed by atoms with Gasteiger partial charge in [0.05, 0.1) is 16.8 Å². The molecular weight excluding hydrogens is 758 g/mol. The number of halogens is 6. The van der Waals surface area contributed by atoms with Gasteiger partial charge in [-0.15, -0.1) is 10.2 Å². The first-order chi connectivity index (χ1) is 26.3. The molecular formula is C41H54F6N4O6. The zero-order valence-electron chi connectivity index (χ0n) is 34.4. The lowest BCUT2D eigenvalue weighted by atomic mass is 9.96. The fourth-order valence-corrected chi connectivity index (χ4v) is 4.29. The number of ether oxygens (including phenoxy) is 1. The lowest BCUT2D eigenvalue weighted by Gasteiger charge is -2.19. The van der Waals surface area contributed by atoms with E-state index >= 15 is 0 Å². The summed E-state index contributed by atoms with van der Waals surface area (Å²) in [5.41, 5.74) is 5.42. The number of ketones is 1. The van der Waals surface area contributed by atoms with E-state index in [1.807, 2.05) is 79.4 Å². The number of carbonyl (C=O) groups excluding carboxylic acids is 4. The molecule has 57 heavy (non-hydrogen) atoms. The summed E-state index contributed by atoms with van der Waals surface area (Å²) >= 11 is 0. The Morgan fingerprint density at radius 3 is 1.77 bits per heavy atom. The number of benzene rings is 2. The molecule has 0 bridgehead atoms. The quantitative estimate of drug-likeness (QED) is 0.179. The molecule has 0 fully saturated rings. The Balaban J connectivity index is 0. The maximum Gasteiger partial charge on any atom is 0.417 e. The van der Waals surface area contributed by atoms with Crippen molar-refractivity contribution in [2.24, 2.45) is 5.73 Å². The first kappa shape index (κ1) is 53.7. The molecule has 4 aromatic rings. The van der Waals surface area contributed by atoms with E-state index in [1.54, 1.807) is 20.8 Å². The standard InChI is InChI=1S/C18H21F3N2O2.C14H12F3N.C5H11NO2.C2H6.2CH2O/c1-10-8-12(15-22-23-16(25-15)17(3,4)5)14(19)9-13(10)18(20,21)7-6-11(2)24;1-2-10-3-5-11(6-4-10)13-8-7-12(9-18-13)14(15,16)17;1-5(2,3)8-4(6)7;3*1-2/h8-9H,6-7H2,1-5H3;3-9H,2H2,1H3;1-3H3,(H2,6,7);1-2H3;2*1H2. The van der Waals surface area contributed by atoms with Crippen molar-refractivity contribution in [2.75, 3.05) is 0 Å². The minimum atomic E-state index is -4.34. The summed E-state index contributed by atoms with van der Waals surface area (Å²) in [7, 11) is 0. The first-order valence-electron chi connectivity index (χ1n) is 17.5. The molecule has 0 aliphatic rings. The Labute approximate surface area is 330 Å². The molecule has 0 saturated carbocycles. The summed E-state index contributed by atoms with van der Waals surface area (Å²) in [6, 6.07) is 12.1. The van der Waals surface area contributed by atoms with Crippen LogP contribution < -0.4 is 5.73 Å². The van der Waals surface area contributed by atoms with Gasteiger partial charge in [-0.3, -0.25) is 4.98 Å².